The molecule has 0 aromatic rings. The fourth-order valence-corrected chi connectivity index (χ4v) is 6.90. The van der Waals surface area contributed by atoms with Gasteiger partial charge in [0.05, 0.1) is 13.2 Å². The van der Waals surface area contributed by atoms with Crippen LogP contribution in [0.3, 0.4) is 0 Å². The lowest BCUT2D eigenvalue weighted by atomic mass is 10.0. The van der Waals surface area contributed by atoms with E-state index in [1.54, 1.807) is 0 Å². The molecule has 2 atom stereocenters. The number of nitrogens with one attached hydrogen (secondary N) is 1. The summed E-state index contributed by atoms with van der Waals surface area (Å²) in [5.74, 6) is -0.518. The van der Waals surface area contributed by atoms with E-state index in [0.29, 0.717) is 6.42 Å². The topological polar surface area (TPSA) is 131 Å². The summed E-state index contributed by atoms with van der Waals surface area (Å²) in [4.78, 5) is 33.8. The molecular weight excluding hydrogens is 677 g/mol. The summed E-state index contributed by atoms with van der Waals surface area (Å²) in [5, 5.41) is 12.7. The number of carbonyl (C=O) groups excluding carboxylic acids is 2. The normalized spacial score (nSPS) is 13.4. The number of phosphoric acid groups is 1. The standard InChI is InChI=1S/C42H82NO8P/c1-3-5-7-9-11-13-15-17-18-19-20-21-22-23-25-27-29-31-33-35-42(46)49-38-40(44)39-51-52(47,48)50-37-36-43-41(45)34-32-30-28-26-24-16-14-12-10-8-6-4-2/h12,14,40,44H,3-11,13,15-39H2,1-2H3,(H,43,45)(H,47,48)/b14-12-. The number of hydrogen-bond acceptors (Lipinski definition) is 7. The van der Waals surface area contributed by atoms with Crippen molar-refractivity contribution in [2.24, 2.45) is 0 Å². The molecule has 1 amide bonds. The van der Waals surface area contributed by atoms with Crippen LogP contribution in [-0.2, 0) is 27.9 Å². The molecule has 0 spiro atoms. The van der Waals surface area contributed by atoms with Crippen LogP contribution in [0.4, 0.5) is 0 Å². The number of unbranched alkanes of at least 4 members (excludes halogenated alkanes) is 26. The number of aliphatic hydroxyl groups is 1. The fraction of sp³-hybridized carbons (Fsp3) is 0.905. The van der Waals surface area contributed by atoms with Gasteiger partial charge < -0.3 is 20.1 Å². The lowest BCUT2D eigenvalue weighted by Crippen LogP contribution is -2.27. The number of aliphatic hydroxyl groups excluding tert-OH is 1. The van der Waals surface area contributed by atoms with Crippen molar-refractivity contribution in [3.8, 4) is 0 Å². The summed E-state index contributed by atoms with van der Waals surface area (Å²) in [5.41, 5.74) is 0. The number of phosphoric ester groups is 1. The highest BCUT2D eigenvalue weighted by Crippen LogP contribution is 2.42. The maximum absolute atomic E-state index is 12.1. The Labute approximate surface area is 319 Å². The molecule has 0 heterocycles. The van der Waals surface area contributed by atoms with Gasteiger partial charge in [-0.1, -0.05) is 174 Å². The molecule has 0 aromatic carbocycles. The molecule has 10 heteroatoms. The second kappa shape index (κ2) is 39.4. The van der Waals surface area contributed by atoms with Gasteiger partial charge in [-0.2, -0.15) is 0 Å². The number of hydrogen-bond donors (Lipinski definition) is 3. The minimum atomic E-state index is -4.41. The molecule has 9 nitrogen and oxygen atoms in total. The Morgan fingerprint density at radius 2 is 0.981 bits per heavy atom. The maximum Gasteiger partial charge on any atom is 0.472 e. The van der Waals surface area contributed by atoms with Crippen LogP contribution in [0.15, 0.2) is 12.2 Å². The Balaban J connectivity index is 3.56. The summed E-state index contributed by atoms with van der Waals surface area (Å²) in [7, 11) is -4.41. The van der Waals surface area contributed by atoms with Crippen molar-refractivity contribution in [2.45, 2.75) is 219 Å². The first-order valence-corrected chi connectivity index (χ1v) is 23.2. The molecule has 0 fully saturated rings. The molecule has 308 valence electrons. The van der Waals surface area contributed by atoms with E-state index in [1.807, 2.05) is 0 Å². The zero-order valence-electron chi connectivity index (χ0n) is 33.8. The van der Waals surface area contributed by atoms with Gasteiger partial charge in [-0.05, 0) is 38.5 Å². The van der Waals surface area contributed by atoms with Crippen LogP contribution in [0.5, 0.6) is 0 Å². The highest BCUT2D eigenvalue weighted by molar-refractivity contribution is 7.47. The second-order valence-corrected chi connectivity index (χ2v) is 16.1. The average molecular weight is 760 g/mol. The Morgan fingerprint density at radius 3 is 1.48 bits per heavy atom. The summed E-state index contributed by atoms with van der Waals surface area (Å²) in [6.45, 7) is 3.54. The lowest BCUT2D eigenvalue weighted by molar-refractivity contribution is -0.147. The highest BCUT2D eigenvalue weighted by Gasteiger charge is 2.23. The van der Waals surface area contributed by atoms with Gasteiger partial charge in [0, 0.05) is 19.4 Å². The van der Waals surface area contributed by atoms with E-state index in [-0.39, 0.29) is 32.1 Å². The van der Waals surface area contributed by atoms with Gasteiger partial charge >= 0.3 is 13.8 Å². The SMILES string of the molecule is CCCCC/C=C\CCCCCCCC(=O)NCCOP(=O)(O)OCC(O)COC(=O)CCCCCCCCCCCCCCCCCCCCC. The number of allylic oxidation sites excluding steroid dienone is 2. The van der Waals surface area contributed by atoms with E-state index in [4.69, 9.17) is 13.8 Å². The van der Waals surface area contributed by atoms with Crippen molar-refractivity contribution in [3.63, 3.8) is 0 Å². The van der Waals surface area contributed by atoms with Gasteiger partial charge in [-0.25, -0.2) is 4.57 Å². The van der Waals surface area contributed by atoms with Crippen LogP contribution < -0.4 is 5.32 Å². The molecule has 0 saturated carbocycles. The molecule has 0 aliphatic carbocycles. The van der Waals surface area contributed by atoms with Gasteiger partial charge in [0.2, 0.25) is 5.91 Å². The summed E-state index contributed by atoms with van der Waals surface area (Å²) < 4.78 is 26.8. The van der Waals surface area contributed by atoms with Gasteiger partial charge in [0.15, 0.2) is 0 Å². The molecule has 3 N–H and O–H groups in total. The Hall–Kier alpha value is -1.25. The third kappa shape index (κ3) is 39.9. The van der Waals surface area contributed by atoms with Crippen molar-refractivity contribution in [1.29, 1.82) is 0 Å². The lowest BCUT2D eigenvalue weighted by Gasteiger charge is -2.15. The molecule has 0 saturated heterocycles. The van der Waals surface area contributed by atoms with Crippen molar-refractivity contribution >= 4 is 19.7 Å². The summed E-state index contributed by atoms with van der Waals surface area (Å²) in [6.07, 6.45) is 40.0. The van der Waals surface area contributed by atoms with E-state index < -0.39 is 26.5 Å². The van der Waals surface area contributed by atoms with E-state index in [2.05, 4.69) is 31.3 Å². The van der Waals surface area contributed by atoms with Crippen LogP contribution in [0.25, 0.3) is 0 Å². The third-order valence-electron chi connectivity index (χ3n) is 9.45. The first-order valence-electron chi connectivity index (χ1n) is 21.7. The maximum atomic E-state index is 12.1. The van der Waals surface area contributed by atoms with E-state index in [1.165, 1.54) is 135 Å². The predicted molar refractivity (Wildman–Crippen MR) is 215 cm³/mol. The van der Waals surface area contributed by atoms with Gasteiger partial charge in [-0.3, -0.25) is 18.6 Å². The number of ether oxygens (including phenoxy) is 1. The van der Waals surface area contributed by atoms with E-state index >= 15 is 0 Å². The smallest absolute Gasteiger partial charge is 0.463 e. The molecule has 0 radical (unpaired) electrons. The predicted octanol–water partition coefficient (Wildman–Crippen LogP) is 11.8. The van der Waals surface area contributed by atoms with Crippen molar-refractivity contribution in [3.05, 3.63) is 12.2 Å². The Kier molecular flexibility index (Phi) is 38.5. The van der Waals surface area contributed by atoms with Crippen LogP contribution >= 0.6 is 7.82 Å². The molecule has 0 aromatic heterocycles. The van der Waals surface area contributed by atoms with Crippen molar-refractivity contribution in [1.82, 2.24) is 5.32 Å². The van der Waals surface area contributed by atoms with Crippen LogP contribution in [0.1, 0.15) is 213 Å². The number of esters is 1. The quantitative estimate of drug-likeness (QED) is 0.0243. The summed E-state index contributed by atoms with van der Waals surface area (Å²) >= 11 is 0. The van der Waals surface area contributed by atoms with Crippen molar-refractivity contribution < 1.29 is 37.9 Å². The molecule has 0 bridgehead atoms. The van der Waals surface area contributed by atoms with Crippen LogP contribution in [0, 0.1) is 0 Å². The molecule has 0 aliphatic heterocycles. The van der Waals surface area contributed by atoms with E-state index in [0.717, 1.165) is 51.4 Å². The summed E-state index contributed by atoms with van der Waals surface area (Å²) in [6, 6.07) is 0. The zero-order valence-corrected chi connectivity index (χ0v) is 34.7. The van der Waals surface area contributed by atoms with Crippen LogP contribution in [0.2, 0.25) is 0 Å². The van der Waals surface area contributed by atoms with E-state index in [9.17, 15) is 24.2 Å². The third-order valence-corrected chi connectivity index (χ3v) is 10.4. The largest absolute Gasteiger partial charge is 0.472 e. The highest BCUT2D eigenvalue weighted by atomic mass is 31.2. The fourth-order valence-electron chi connectivity index (χ4n) is 6.14. The number of amides is 1. The number of carbonyl (C=O) groups is 2. The monoisotopic (exact) mass is 760 g/mol. The Morgan fingerprint density at radius 1 is 0.577 bits per heavy atom. The first-order chi connectivity index (χ1) is 25.3. The second-order valence-electron chi connectivity index (χ2n) is 14.7. The number of rotatable bonds is 41. The average Bonchev–Trinajstić information content (AvgIpc) is 3.13. The Bertz CT molecular complexity index is 871. The minimum absolute atomic E-state index is 0.0803. The molecule has 52 heavy (non-hydrogen) atoms. The van der Waals surface area contributed by atoms with Crippen LogP contribution in [-0.4, -0.2) is 54.3 Å². The van der Waals surface area contributed by atoms with Gasteiger partial charge in [-0.15, -0.1) is 0 Å². The molecule has 2 unspecified atom stereocenters. The molecule has 0 rings (SSSR count). The van der Waals surface area contributed by atoms with Gasteiger partial charge in [0.25, 0.3) is 0 Å². The molecule has 0 aliphatic rings. The van der Waals surface area contributed by atoms with Crippen molar-refractivity contribution in [2.75, 3.05) is 26.4 Å². The van der Waals surface area contributed by atoms with Gasteiger partial charge in [0.1, 0.15) is 12.7 Å². The molecular formula is C42H82NO8P. The minimum Gasteiger partial charge on any atom is -0.463 e. The first kappa shape index (κ1) is 50.8. The zero-order chi connectivity index (χ0) is 38.2.